The Balaban J connectivity index is 1.80. The number of anilines is 1. The van der Waals surface area contributed by atoms with E-state index in [1.807, 2.05) is 51.1 Å². The van der Waals surface area contributed by atoms with Gasteiger partial charge in [0.05, 0.1) is 6.54 Å². The van der Waals surface area contributed by atoms with Crippen LogP contribution in [-0.4, -0.2) is 15.5 Å². The molecule has 0 fully saturated rings. The average Bonchev–Trinajstić information content (AvgIpc) is 2.73. The normalized spacial score (nSPS) is 11.0. The van der Waals surface area contributed by atoms with E-state index in [9.17, 15) is 9.59 Å². The molecule has 4 aromatic rings. The van der Waals surface area contributed by atoms with Crippen LogP contribution in [0.25, 0.3) is 11.0 Å². The number of aromatic nitrogens is 2. The second-order valence-corrected chi connectivity index (χ2v) is 8.16. The van der Waals surface area contributed by atoms with Gasteiger partial charge in [-0.15, -0.1) is 0 Å². The van der Waals surface area contributed by atoms with Gasteiger partial charge in [-0.2, -0.15) is 0 Å². The number of carbonyl (C=O) groups is 1. The molecule has 1 amide bonds. The molecule has 0 atom stereocenters. The number of hydrogen-bond acceptors (Lipinski definition) is 3. The third kappa shape index (κ3) is 4.23. The minimum Gasteiger partial charge on any atom is -0.321 e. The number of halogens is 1. The van der Waals surface area contributed by atoms with Crippen molar-refractivity contribution in [3.05, 3.63) is 104 Å². The molecule has 0 saturated carbocycles. The largest absolute Gasteiger partial charge is 0.321 e. The lowest BCUT2D eigenvalue weighted by atomic mass is 10.0. The Kier molecular flexibility index (Phi) is 5.61. The molecule has 0 aliphatic heterocycles. The monoisotopic (exact) mass is 431 g/mol. The summed E-state index contributed by atoms with van der Waals surface area (Å²) in [7, 11) is 0. The molecular weight excluding hydrogens is 410 g/mol. The summed E-state index contributed by atoms with van der Waals surface area (Å²) in [5, 5.41) is 4.28. The Labute approximate surface area is 185 Å². The van der Waals surface area contributed by atoms with E-state index < -0.39 is 5.91 Å². The van der Waals surface area contributed by atoms with Crippen molar-refractivity contribution < 1.29 is 4.79 Å². The molecule has 156 valence electrons. The van der Waals surface area contributed by atoms with Crippen molar-refractivity contribution >= 4 is 34.2 Å². The number of aryl methyl sites for hydroxylation is 3. The fourth-order valence-corrected chi connectivity index (χ4v) is 3.97. The molecule has 0 bridgehead atoms. The quantitative estimate of drug-likeness (QED) is 0.478. The van der Waals surface area contributed by atoms with Gasteiger partial charge < -0.3 is 5.32 Å². The summed E-state index contributed by atoms with van der Waals surface area (Å²) in [4.78, 5) is 30.9. The van der Waals surface area contributed by atoms with E-state index in [0.717, 1.165) is 33.3 Å². The van der Waals surface area contributed by atoms with E-state index in [4.69, 9.17) is 11.6 Å². The van der Waals surface area contributed by atoms with Crippen molar-refractivity contribution in [1.29, 1.82) is 0 Å². The van der Waals surface area contributed by atoms with Gasteiger partial charge in [0, 0.05) is 22.3 Å². The maximum atomic E-state index is 13.3. The number of nitrogens with one attached hydrogen (secondary N) is 1. The highest BCUT2D eigenvalue weighted by Crippen LogP contribution is 2.23. The number of fused-ring (bicyclic) bond motifs is 1. The zero-order valence-electron chi connectivity index (χ0n) is 17.6. The van der Waals surface area contributed by atoms with Crippen LogP contribution in [0.3, 0.4) is 0 Å². The predicted octanol–water partition coefficient (Wildman–Crippen LogP) is 5.28. The number of benzene rings is 2. The van der Waals surface area contributed by atoms with E-state index in [-0.39, 0.29) is 17.7 Å². The van der Waals surface area contributed by atoms with Crippen LogP contribution in [0.1, 0.15) is 32.6 Å². The molecular formula is C25H22ClN3O2. The molecule has 0 radical (unpaired) electrons. The Bertz CT molecular complexity index is 1330. The topological polar surface area (TPSA) is 64.0 Å². The lowest BCUT2D eigenvalue weighted by Gasteiger charge is -2.15. The second-order valence-electron chi connectivity index (χ2n) is 7.72. The van der Waals surface area contributed by atoms with Crippen molar-refractivity contribution in [3.63, 3.8) is 0 Å². The fraction of sp³-hybridized carbons (Fsp3) is 0.160. The molecule has 6 heteroatoms. The number of hydrogen-bond donors (Lipinski definition) is 1. The average molecular weight is 432 g/mol. The summed E-state index contributed by atoms with van der Waals surface area (Å²) in [5.41, 5.74) is 4.86. The molecule has 2 heterocycles. The second kappa shape index (κ2) is 8.36. The maximum Gasteiger partial charge on any atom is 0.265 e. The molecule has 4 rings (SSSR count). The molecule has 0 unspecified atom stereocenters. The van der Waals surface area contributed by atoms with Crippen LogP contribution in [0.5, 0.6) is 0 Å². The molecule has 2 aromatic carbocycles. The van der Waals surface area contributed by atoms with Crippen molar-refractivity contribution in [2.75, 3.05) is 5.32 Å². The van der Waals surface area contributed by atoms with Gasteiger partial charge in [-0.05, 0) is 67.8 Å². The smallest absolute Gasteiger partial charge is 0.265 e. The molecule has 0 aliphatic carbocycles. The summed E-state index contributed by atoms with van der Waals surface area (Å²) in [6.07, 6.45) is 1.64. The molecule has 5 nitrogen and oxygen atoms in total. The van der Waals surface area contributed by atoms with Crippen LogP contribution >= 0.6 is 11.6 Å². The van der Waals surface area contributed by atoms with Gasteiger partial charge in [0.2, 0.25) is 0 Å². The lowest BCUT2D eigenvalue weighted by molar-refractivity contribution is 0.102. The van der Waals surface area contributed by atoms with E-state index in [1.165, 1.54) is 4.57 Å². The van der Waals surface area contributed by atoms with Gasteiger partial charge in [-0.3, -0.25) is 14.2 Å². The van der Waals surface area contributed by atoms with Gasteiger partial charge >= 0.3 is 0 Å². The van der Waals surface area contributed by atoms with Gasteiger partial charge in [0.25, 0.3) is 11.5 Å². The van der Waals surface area contributed by atoms with E-state index in [1.54, 1.807) is 30.5 Å². The van der Waals surface area contributed by atoms with Crippen LogP contribution in [0.4, 0.5) is 5.69 Å². The first-order valence-corrected chi connectivity index (χ1v) is 10.3. The SMILES string of the molecule is Cc1cc(C)c(NC(=O)c2cc3cccnc3n(Cc3ccc(Cl)cc3)c2=O)c(C)c1. The first-order chi connectivity index (χ1) is 14.8. The first kappa shape index (κ1) is 20.8. The van der Waals surface area contributed by atoms with E-state index in [0.29, 0.717) is 10.7 Å². The minimum atomic E-state index is -0.435. The number of amides is 1. The van der Waals surface area contributed by atoms with E-state index in [2.05, 4.69) is 10.3 Å². The number of nitrogens with zero attached hydrogens (tertiary/aromatic N) is 2. The summed E-state index contributed by atoms with van der Waals surface area (Å²) >= 11 is 5.99. The minimum absolute atomic E-state index is 0.0776. The van der Waals surface area contributed by atoms with Crippen molar-refractivity contribution in [2.24, 2.45) is 0 Å². The molecule has 0 aliphatic rings. The van der Waals surface area contributed by atoms with Gasteiger partial charge in [0.1, 0.15) is 11.2 Å². The third-order valence-corrected chi connectivity index (χ3v) is 5.51. The van der Waals surface area contributed by atoms with Gasteiger partial charge in [0.15, 0.2) is 0 Å². The zero-order chi connectivity index (χ0) is 22.1. The summed E-state index contributed by atoms with van der Waals surface area (Å²) in [6.45, 7) is 6.18. The fourth-order valence-electron chi connectivity index (χ4n) is 3.85. The van der Waals surface area contributed by atoms with Crippen LogP contribution in [0, 0.1) is 20.8 Å². The van der Waals surface area contributed by atoms with Gasteiger partial charge in [-0.1, -0.05) is 41.4 Å². The third-order valence-electron chi connectivity index (χ3n) is 5.26. The Morgan fingerprint density at radius 3 is 2.39 bits per heavy atom. The highest BCUT2D eigenvalue weighted by atomic mass is 35.5. The van der Waals surface area contributed by atoms with Crippen molar-refractivity contribution in [2.45, 2.75) is 27.3 Å². The van der Waals surface area contributed by atoms with E-state index >= 15 is 0 Å². The zero-order valence-corrected chi connectivity index (χ0v) is 18.3. The van der Waals surface area contributed by atoms with Crippen molar-refractivity contribution in [3.8, 4) is 0 Å². The summed E-state index contributed by atoms with van der Waals surface area (Å²) < 4.78 is 1.53. The number of carbonyl (C=O) groups excluding carboxylic acids is 1. The van der Waals surface area contributed by atoms with Gasteiger partial charge in [-0.25, -0.2) is 4.98 Å². The van der Waals surface area contributed by atoms with Crippen molar-refractivity contribution in [1.82, 2.24) is 9.55 Å². The standard InChI is InChI=1S/C25H22ClN3O2/c1-15-11-16(2)22(17(3)12-15)28-24(30)21-13-19-5-4-10-27-23(19)29(25(21)31)14-18-6-8-20(26)9-7-18/h4-13H,14H2,1-3H3,(H,28,30). The van der Waals surface area contributed by atoms with Crippen LogP contribution in [0.2, 0.25) is 5.02 Å². The van der Waals surface area contributed by atoms with Crippen LogP contribution in [-0.2, 0) is 6.54 Å². The Morgan fingerprint density at radius 2 is 1.71 bits per heavy atom. The summed E-state index contributed by atoms with van der Waals surface area (Å²) in [6, 6.07) is 16.5. The lowest BCUT2D eigenvalue weighted by Crippen LogP contribution is -2.30. The number of rotatable bonds is 4. The number of pyridine rings is 2. The Hall–Kier alpha value is -3.44. The molecule has 0 saturated heterocycles. The molecule has 1 N–H and O–H groups in total. The molecule has 2 aromatic heterocycles. The molecule has 31 heavy (non-hydrogen) atoms. The van der Waals surface area contributed by atoms with Crippen LogP contribution < -0.4 is 10.9 Å². The maximum absolute atomic E-state index is 13.3. The first-order valence-electron chi connectivity index (χ1n) is 9.95. The Morgan fingerprint density at radius 1 is 1.03 bits per heavy atom. The van der Waals surface area contributed by atoms with Crippen LogP contribution in [0.15, 0.2) is 65.6 Å². The highest BCUT2D eigenvalue weighted by molar-refractivity contribution is 6.30. The highest BCUT2D eigenvalue weighted by Gasteiger charge is 2.18. The molecule has 0 spiro atoms. The summed E-state index contributed by atoms with van der Waals surface area (Å²) in [5.74, 6) is -0.435. The predicted molar refractivity (Wildman–Crippen MR) is 125 cm³/mol.